The molecule has 0 radical (unpaired) electrons. The van der Waals surface area contributed by atoms with Gasteiger partial charge in [0.2, 0.25) is 21.8 Å². The molecule has 2 aromatic rings. The minimum atomic E-state index is -3.73. The third kappa shape index (κ3) is 6.32. The van der Waals surface area contributed by atoms with Gasteiger partial charge in [-0.3, -0.25) is 13.9 Å². The van der Waals surface area contributed by atoms with Crippen LogP contribution in [0.5, 0.6) is 0 Å². The van der Waals surface area contributed by atoms with Gasteiger partial charge in [-0.15, -0.1) is 0 Å². The summed E-state index contributed by atoms with van der Waals surface area (Å²) in [4.78, 5) is 27.5. The largest absolute Gasteiger partial charge is 0.357 e. The van der Waals surface area contributed by atoms with Crippen LogP contribution in [0.3, 0.4) is 0 Å². The van der Waals surface area contributed by atoms with Crippen molar-refractivity contribution in [1.29, 1.82) is 0 Å². The number of aryl methyl sites for hydroxylation is 2. The summed E-state index contributed by atoms with van der Waals surface area (Å²) in [5.41, 5.74) is 3.06. The van der Waals surface area contributed by atoms with E-state index in [1.165, 1.54) is 11.9 Å². The van der Waals surface area contributed by atoms with E-state index in [2.05, 4.69) is 5.32 Å². The normalized spacial score (nSPS) is 12.2. The van der Waals surface area contributed by atoms with Gasteiger partial charge < -0.3 is 10.2 Å². The molecule has 174 valence electrons. The number of likely N-dealkylation sites (N-methyl/N-ethyl adjacent to an activating group) is 1. The molecule has 1 atom stereocenters. The van der Waals surface area contributed by atoms with Crippen LogP contribution in [0.4, 0.5) is 5.69 Å². The van der Waals surface area contributed by atoms with E-state index in [0.29, 0.717) is 25.1 Å². The maximum absolute atomic E-state index is 13.5. The molecule has 32 heavy (non-hydrogen) atoms. The third-order valence-electron chi connectivity index (χ3n) is 5.48. The molecular formula is C24H33N3O4S. The number of carbonyl (C=O) groups is 2. The fraction of sp³-hybridized carbons (Fsp3) is 0.417. The number of amides is 2. The lowest BCUT2D eigenvalue weighted by Crippen LogP contribution is -2.52. The Balaban J connectivity index is 2.40. The average molecular weight is 460 g/mol. The SMILES string of the molecule is CC[C@H](C(=O)NC)N(CCc1ccccc1)C(=O)CN(c1c(C)cccc1C)S(C)(=O)=O. The zero-order valence-electron chi connectivity index (χ0n) is 19.5. The van der Waals surface area contributed by atoms with Crippen molar-refractivity contribution in [3.05, 3.63) is 65.2 Å². The Kier molecular flexibility index (Phi) is 8.83. The van der Waals surface area contributed by atoms with Crippen LogP contribution in [0.2, 0.25) is 0 Å². The topological polar surface area (TPSA) is 86.8 Å². The third-order valence-corrected chi connectivity index (χ3v) is 6.60. The van der Waals surface area contributed by atoms with Gasteiger partial charge in [-0.25, -0.2) is 8.42 Å². The number of hydrogen-bond acceptors (Lipinski definition) is 4. The van der Waals surface area contributed by atoms with Gasteiger partial charge in [0.1, 0.15) is 12.6 Å². The Bertz CT molecular complexity index is 1020. The van der Waals surface area contributed by atoms with Crippen LogP contribution in [-0.4, -0.2) is 57.6 Å². The zero-order valence-corrected chi connectivity index (χ0v) is 20.3. The number of rotatable bonds is 10. The van der Waals surface area contributed by atoms with Crippen LogP contribution in [0.25, 0.3) is 0 Å². The highest BCUT2D eigenvalue weighted by Gasteiger charge is 2.31. The van der Waals surface area contributed by atoms with E-state index < -0.39 is 22.0 Å². The fourth-order valence-electron chi connectivity index (χ4n) is 3.84. The van der Waals surface area contributed by atoms with Gasteiger partial charge in [-0.1, -0.05) is 55.5 Å². The molecule has 0 aliphatic carbocycles. The van der Waals surface area contributed by atoms with Gasteiger partial charge >= 0.3 is 0 Å². The maximum atomic E-state index is 13.5. The van der Waals surface area contributed by atoms with Crippen LogP contribution >= 0.6 is 0 Å². The predicted molar refractivity (Wildman–Crippen MR) is 128 cm³/mol. The number of nitrogens with one attached hydrogen (secondary N) is 1. The zero-order chi connectivity index (χ0) is 23.9. The van der Waals surface area contributed by atoms with Crippen LogP contribution in [0.15, 0.2) is 48.5 Å². The van der Waals surface area contributed by atoms with Gasteiger partial charge in [0, 0.05) is 13.6 Å². The number of sulfonamides is 1. The predicted octanol–water partition coefficient (Wildman–Crippen LogP) is 2.67. The van der Waals surface area contributed by atoms with Crippen LogP contribution in [0, 0.1) is 13.8 Å². The molecule has 0 aliphatic rings. The Morgan fingerprint density at radius 3 is 2.09 bits per heavy atom. The van der Waals surface area contributed by atoms with Crippen LogP contribution in [0.1, 0.15) is 30.0 Å². The summed E-state index contributed by atoms with van der Waals surface area (Å²) < 4.78 is 26.5. The summed E-state index contributed by atoms with van der Waals surface area (Å²) in [7, 11) is -2.20. The van der Waals surface area contributed by atoms with E-state index in [1.54, 1.807) is 0 Å². The molecule has 2 aromatic carbocycles. The van der Waals surface area contributed by atoms with E-state index in [4.69, 9.17) is 0 Å². The van der Waals surface area contributed by atoms with Crippen molar-refractivity contribution in [3.63, 3.8) is 0 Å². The molecule has 8 heteroatoms. The molecule has 0 unspecified atom stereocenters. The number of anilines is 1. The Hall–Kier alpha value is -2.87. The van der Waals surface area contributed by atoms with Crippen molar-refractivity contribution in [2.45, 2.75) is 39.7 Å². The van der Waals surface area contributed by atoms with E-state index in [1.807, 2.05) is 69.3 Å². The highest BCUT2D eigenvalue weighted by Crippen LogP contribution is 2.27. The summed E-state index contributed by atoms with van der Waals surface area (Å²) in [5.74, 6) is -0.684. The summed E-state index contributed by atoms with van der Waals surface area (Å²) in [6, 6.07) is 14.5. The molecule has 7 nitrogen and oxygen atoms in total. The van der Waals surface area contributed by atoms with Crippen molar-refractivity contribution >= 4 is 27.5 Å². The van der Waals surface area contributed by atoms with Crippen molar-refractivity contribution in [2.75, 3.05) is 30.7 Å². The Morgan fingerprint density at radius 2 is 1.59 bits per heavy atom. The quantitative estimate of drug-likeness (QED) is 0.592. The van der Waals surface area contributed by atoms with Crippen LogP contribution in [-0.2, 0) is 26.0 Å². The minimum Gasteiger partial charge on any atom is -0.357 e. The van der Waals surface area contributed by atoms with E-state index >= 15 is 0 Å². The first-order valence-electron chi connectivity index (χ1n) is 10.7. The van der Waals surface area contributed by atoms with Crippen molar-refractivity contribution in [2.24, 2.45) is 0 Å². The second kappa shape index (κ2) is 11.1. The van der Waals surface area contributed by atoms with E-state index in [0.717, 1.165) is 27.3 Å². The number of para-hydroxylation sites is 1. The molecule has 0 spiro atoms. The van der Waals surface area contributed by atoms with Crippen molar-refractivity contribution in [1.82, 2.24) is 10.2 Å². The van der Waals surface area contributed by atoms with Crippen molar-refractivity contribution in [3.8, 4) is 0 Å². The first kappa shape index (κ1) is 25.4. The van der Waals surface area contributed by atoms with E-state index in [-0.39, 0.29) is 12.5 Å². The van der Waals surface area contributed by atoms with Crippen molar-refractivity contribution < 1.29 is 18.0 Å². The van der Waals surface area contributed by atoms with Crippen LogP contribution < -0.4 is 9.62 Å². The molecule has 0 aliphatic heterocycles. The molecule has 0 saturated heterocycles. The summed E-state index contributed by atoms with van der Waals surface area (Å²) >= 11 is 0. The number of hydrogen-bond donors (Lipinski definition) is 1. The number of benzene rings is 2. The summed E-state index contributed by atoms with van der Waals surface area (Å²) in [6.07, 6.45) is 2.07. The standard InChI is InChI=1S/C24H33N3O4S/c1-6-21(24(29)25-4)26(16-15-20-13-8-7-9-14-20)22(28)17-27(32(5,30)31)23-18(2)11-10-12-19(23)3/h7-14,21H,6,15-17H2,1-5H3,(H,25,29)/t21-/m1/s1. The lowest BCUT2D eigenvalue weighted by atomic mass is 10.1. The molecule has 0 heterocycles. The monoisotopic (exact) mass is 459 g/mol. The number of nitrogens with zero attached hydrogens (tertiary/aromatic N) is 2. The fourth-order valence-corrected chi connectivity index (χ4v) is 4.80. The average Bonchev–Trinajstić information content (AvgIpc) is 2.75. The Labute approximate surface area is 191 Å². The van der Waals surface area contributed by atoms with Gasteiger partial charge in [0.15, 0.2) is 0 Å². The smallest absolute Gasteiger partial charge is 0.244 e. The Morgan fingerprint density at radius 1 is 1.00 bits per heavy atom. The molecule has 2 rings (SSSR count). The lowest BCUT2D eigenvalue weighted by Gasteiger charge is -2.33. The second-order valence-electron chi connectivity index (χ2n) is 7.87. The maximum Gasteiger partial charge on any atom is 0.244 e. The first-order chi connectivity index (χ1) is 15.1. The first-order valence-corrected chi connectivity index (χ1v) is 12.5. The molecule has 2 amide bonds. The summed E-state index contributed by atoms with van der Waals surface area (Å²) in [6.45, 7) is 5.41. The summed E-state index contributed by atoms with van der Waals surface area (Å²) in [5, 5.41) is 2.62. The van der Waals surface area contributed by atoms with Gasteiger partial charge in [-0.05, 0) is 43.4 Å². The highest BCUT2D eigenvalue weighted by atomic mass is 32.2. The van der Waals surface area contributed by atoms with Gasteiger partial charge in [0.25, 0.3) is 0 Å². The molecule has 0 aromatic heterocycles. The van der Waals surface area contributed by atoms with Gasteiger partial charge in [-0.2, -0.15) is 0 Å². The minimum absolute atomic E-state index is 0.271. The molecule has 0 saturated carbocycles. The molecule has 0 fully saturated rings. The second-order valence-corrected chi connectivity index (χ2v) is 9.78. The highest BCUT2D eigenvalue weighted by molar-refractivity contribution is 7.92. The lowest BCUT2D eigenvalue weighted by molar-refractivity contribution is -0.139. The van der Waals surface area contributed by atoms with E-state index in [9.17, 15) is 18.0 Å². The molecular weight excluding hydrogens is 426 g/mol. The molecule has 1 N–H and O–H groups in total. The number of carbonyl (C=O) groups excluding carboxylic acids is 2. The van der Waals surface area contributed by atoms with Gasteiger partial charge in [0.05, 0.1) is 11.9 Å². The molecule has 0 bridgehead atoms.